The zero-order valence-corrected chi connectivity index (χ0v) is 12.2. The van der Waals surface area contributed by atoms with E-state index in [0.29, 0.717) is 45.6 Å². The van der Waals surface area contributed by atoms with Crippen molar-refractivity contribution in [1.29, 1.82) is 0 Å². The molecule has 6 nitrogen and oxygen atoms in total. The van der Waals surface area contributed by atoms with Crippen LogP contribution >= 0.6 is 0 Å². The smallest absolute Gasteiger partial charge is 0.331 e. The van der Waals surface area contributed by atoms with Gasteiger partial charge in [-0.1, -0.05) is 25.7 Å². The average molecular weight is 285 g/mol. The first-order chi connectivity index (χ1) is 9.86. The molecule has 2 aliphatic rings. The number of urea groups is 1. The summed E-state index contributed by atoms with van der Waals surface area (Å²) in [7, 11) is 0. The van der Waals surface area contributed by atoms with Gasteiger partial charge in [0.05, 0.1) is 32.5 Å². The number of carbonyl (C=O) groups excluding carboxylic acids is 1. The predicted octanol–water partition coefficient (Wildman–Crippen LogP) is 1.27. The second kappa shape index (κ2) is 9.15. The topological polar surface area (TPSA) is 62.8 Å². The monoisotopic (exact) mass is 285 g/mol. The first-order valence-corrected chi connectivity index (χ1v) is 7.84. The molecule has 2 fully saturated rings. The molecule has 0 spiro atoms. The second-order valence-corrected chi connectivity index (χ2v) is 5.39. The summed E-state index contributed by atoms with van der Waals surface area (Å²) in [6.45, 7) is 3.64. The molecular weight excluding hydrogens is 258 g/mol. The Labute approximate surface area is 121 Å². The van der Waals surface area contributed by atoms with Gasteiger partial charge in [0.25, 0.3) is 0 Å². The molecule has 6 heteroatoms. The summed E-state index contributed by atoms with van der Waals surface area (Å²) >= 11 is 0. The van der Waals surface area contributed by atoms with Crippen molar-refractivity contribution in [3.05, 3.63) is 0 Å². The lowest BCUT2D eigenvalue weighted by Crippen LogP contribution is -2.49. The van der Waals surface area contributed by atoms with Crippen molar-refractivity contribution in [3.8, 4) is 0 Å². The van der Waals surface area contributed by atoms with E-state index in [2.05, 4.69) is 10.7 Å². The number of ether oxygens (including phenoxy) is 2. The minimum atomic E-state index is -0.0973. The highest BCUT2D eigenvalue weighted by Gasteiger charge is 2.15. The molecule has 1 aliphatic carbocycles. The van der Waals surface area contributed by atoms with Gasteiger partial charge in [-0.2, -0.15) is 0 Å². The Morgan fingerprint density at radius 2 is 2.05 bits per heavy atom. The molecule has 1 saturated carbocycles. The Morgan fingerprint density at radius 3 is 2.85 bits per heavy atom. The van der Waals surface area contributed by atoms with Crippen LogP contribution in [0.4, 0.5) is 4.79 Å². The fourth-order valence-corrected chi connectivity index (χ4v) is 2.65. The van der Waals surface area contributed by atoms with Crippen molar-refractivity contribution in [2.75, 3.05) is 39.5 Å². The van der Waals surface area contributed by atoms with E-state index in [4.69, 9.17) is 9.47 Å². The third-order valence-corrected chi connectivity index (χ3v) is 3.79. The Kier molecular flexibility index (Phi) is 7.11. The van der Waals surface area contributed by atoms with Gasteiger partial charge < -0.3 is 14.8 Å². The molecule has 1 heterocycles. The highest BCUT2D eigenvalue weighted by Crippen LogP contribution is 2.19. The quantitative estimate of drug-likeness (QED) is 0.603. The van der Waals surface area contributed by atoms with Crippen molar-refractivity contribution in [3.63, 3.8) is 0 Å². The van der Waals surface area contributed by atoms with Crippen LogP contribution in [0.5, 0.6) is 0 Å². The summed E-state index contributed by atoms with van der Waals surface area (Å²) in [6, 6.07) is -0.0973. The molecule has 0 aromatic rings. The third kappa shape index (κ3) is 5.64. The number of hydrazine groups is 1. The van der Waals surface area contributed by atoms with Gasteiger partial charge in [-0.05, 0) is 12.8 Å². The normalized spacial score (nSPS) is 22.1. The van der Waals surface area contributed by atoms with E-state index >= 15 is 0 Å². The molecule has 20 heavy (non-hydrogen) atoms. The molecule has 1 saturated heterocycles. The number of hydrogen-bond acceptors (Lipinski definition) is 4. The Morgan fingerprint density at radius 1 is 1.25 bits per heavy atom. The van der Waals surface area contributed by atoms with Gasteiger partial charge >= 0.3 is 6.03 Å². The minimum Gasteiger partial charge on any atom is -0.378 e. The van der Waals surface area contributed by atoms with E-state index in [1.807, 2.05) is 0 Å². The van der Waals surface area contributed by atoms with E-state index in [1.165, 1.54) is 38.5 Å². The summed E-state index contributed by atoms with van der Waals surface area (Å²) < 4.78 is 11.1. The molecule has 0 bridgehead atoms. The first kappa shape index (κ1) is 15.5. The lowest BCUT2D eigenvalue weighted by atomic mass is 10.1. The van der Waals surface area contributed by atoms with Crippen LogP contribution in [0.1, 0.15) is 38.5 Å². The number of hydrogen-bond donors (Lipinski definition) is 2. The fraction of sp³-hybridized carbons (Fsp3) is 0.929. The molecule has 1 aliphatic heterocycles. The summed E-state index contributed by atoms with van der Waals surface area (Å²) in [5.41, 5.74) is 3.04. The maximum absolute atomic E-state index is 11.9. The maximum Gasteiger partial charge on any atom is 0.331 e. The van der Waals surface area contributed by atoms with Gasteiger partial charge in [-0.25, -0.2) is 10.2 Å². The standard InChI is InChI=1S/C14H27N3O3/c18-14(17-9-12-19-10-8-16-17)15-7-11-20-13-5-3-1-2-4-6-13/h13,16H,1-12H2,(H,15,18). The molecular formula is C14H27N3O3. The molecule has 0 radical (unpaired) electrons. The minimum absolute atomic E-state index is 0.0973. The lowest BCUT2D eigenvalue weighted by molar-refractivity contribution is 0.0451. The van der Waals surface area contributed by atoms with Gasteiger partial charge in [-0.3, -0.25) is 5.01 Å². The largest absolute Gasteiger partial charge is 0.378 e. The Balaban J connectivity index is 1.56. The Bertz CT molecular complexity index is 273. The number of carbonyl (C=O) groups is 1. The molecule has 2 N–H and O–H groups in total. The fourth-order valence-electron chi connectivity index (χ4n) is 2.65. The number of nitrogens with one attached hydrogen (secondary N) is 2. The predicted molar refractivity (Wildman–Crippen MR) is 76.4 cm³/mol. The summed E-state index contributed by atoms with van der Waals surface area (Å²) in [4.78, 5) is 11.9. The molecule has 0 unspecified atom stereocenters. The third-order valence-electron chi connectivity index (χ3n) is 3.79. The van der Waals surface area contributed by atoms with Crippen molar-refractivity contribution >= 4 is 6.03 Å². The molecule has 116 valence electrons. The summed E-state index contributed by atoms with van der Waals surface area (Å²) in [6.07, 6.45) is 7.93. The number of amides is 2. The van der Waals surface area contributed by atoms with Crippen LogP contribution in [-0.2, 0) is 9.47 Å². The average Bonchev–Trinajstić information content (AvgIpc) is 2.88. The van der Waals surface area contributed by atoms with Crippen molar-refractivity contribution in [1.82, 2.24) is 15.8 Å². The maximum atomic E-state index is 11.9. The molecule has 0 aromatic heterocycles. The van der Waals surface area contributed by atoms with Crippen molar-refractivity contribution in [2.24, 2.45) is 0 Å². The summed E-state index contributed by atoms with van der Waals surface area (Å²) in [5.74, 6) is 0. The second-order valence-electron chi connectivity index (χ2n) is 5.39. The van der Waals surface area contributed by atoms with Crippen LogP contribution in [-0.4, -0.2) is 56.6 Å². The van der Waals surface area contributed by atoms with E-state index in [1.54, 1.807) is 5.01 Å². The SMILES string of the molecule is O=C(NCCOC1CCCCCC1)N1CCOCCN1. The van der Waals surface area contributed by atoms with Gasteiger partial charge in [0.1, 0.15) is 0 Å². The van der Waals surface area contributed by atoms with E-state index in [0.717, 1.165) is 0 Å². The van der Waals surface area contributed by atoms with Crippen LogP contribution in [0.3, 0.4) is 0 Å². The van der Waals surface area contributed by atoms with Crippen molar-refractivity contribution < 1.29 is 14.3 Å². The van der Waals surface area contributed by atoms with Crippen LogP contribution in [0, 0.1) is 0 Å². The highest BCUT2D eigenvalue weighted by atomic mass is 16.5. The van der Waals surface area contributed by atoms with Gasteiger partial charge in [0.15, 0.2) is 0 Å². The van der Waals surface area contributed by atoms with Crippen LogP contribution in [0.15, 0.2) is 0 Å². The highest BCUT2D eigenvalue weighted by molar-refractivity contribution is 5.73. The zero-order valence-electron chi connectivity index (χ0n) is 12.2. The number of rotatable bonds is 4. The molecule has 2 rings (SSSR count). The van der Waals surface area contributed by atoms with Crippen LogP contribution in [0.25, 0.3) is 0 Å². The van der Waals surface area contributed by atoms with Gasteiger partial charge in [0, 0.05) is 13.1 Å². The van der Waals surface area contributed by atoms with Crippen molar-refractivity contribution in [2.45, 2.75) is 44.6 Å². The van der Waals surface area contributed by atoms with Crippen LogP contribution in [0.2, 0.25) is 0 Å². The summed E-state index contributed by atoms with van der Waals surface area (Å²) in [5, 5.41) is 4.46. The molecule has 2 amide bonds. The Hall–Kier alpha value is -0.850. The van der Waals surface area contributed by atoms with E-state index in [-0.39, 0.29) is 6.03 Å². The van der Waals surface area contributed by atoms with Crippen LogP contribution < -0.4 is 10.7 Å². The first-order valence-electron chi connectivity index (χ1n) is 7.84. The molecule has 0 aromatic carbocycles. The van der Waals surface area contributed by atoms with Gasteiger partial charge in [0.2, 0.25) is 0 Å². The van der Waals surface area contributed by atoms with E-state index in [9.17, 15) is 4.79 Å². The van der Waals surface area contributed by atoms with E-state index < -0.39 is 0 Å². The lowest BCUT2D eigenvalue weighted by Gasteiger charge is -2.21. The number of nitrogens with zero attached hydrogens (tertiary/aromatic N) is 1. The van der Waals surface area contributed by atoms with Gasteiger partial charge in [-0.15, -0.1) is 0 Å². The zero-order chi connectivity index (χ0) is 14.0. The molecule has 0 atom stereocenters.